The van der Waals surface area contributed by atoms with Gasteiger partial charge in [0.2, 0.25) is 5.91 Å². The van der Waals surface area contributed by atoms with Crippen LogP contribution in [0.5, 0.6) is 0 Å². The van der Waals surface area contributed by atoms with Gasteiger partial charge in [-0.3, -0.25) is 4.79 Å². The molecule has 104 valence electrons. The fourth-order valence-electron chi connectivity index (χ4n) is 5.19. The molecule has 0 N–H and O–H groups in total. The van der Waals surface area contributed by atoms with Crippen molar-refractivity contribution in [1.82, 2.24) is 4.90 Å². The first-order chi connectivity index (χ1) is 9.22. The van der Waals surface area contributed by atoms with Crippen molar-refractivity contribution in [3.05, 3.63) is 0 Å². The highest BCUT2D eigenvalue weighted by molar-refractivity contribution is 5.80. The van der Waals surface area contributed by atoms with Crippen LogP contribution in [0.2, 0.25) is 0 Å². The molecule has 0 spiro atoms. The van der Waals surface area contributed by atoms with Crippen LogP contribution in [-0.2, 0) is 4.79 Å². The third kappa shape index (κ3) is 2.29. The molecule has 0 unspecified atom stereocenters. The minimum absolute atomic E-state index is 0.299. The summed E-state index contributed by atoms with van der Waals surface area (Å²) in [6.07, 6.45) is 13.1. The molecule has 4 saturated carbocycles. The number of hydrogen-bond acceptors (Lipinski definition) is 1. The summed E-state index contributed by atoms with van der Waals surface area (Å²) in [5, 5.41) is 0. The number of carbonyl (C=O) groups excluding carboxylic acids is 1. The summed E-state index contributed by atoms with van der Waals surface area (Å²) < 4.78 is 0. The van der Waals surface area contributed by atoms with Gasteiger partial charge in [0.1, 0.15) is 0 Å². The van der Waals surface area contributed by atoms with E-state index in [2.05, 4.69) is 12.8 Å². The lowest BCUT2D eigenvalue weighted by molar-refractivity contribution is -0.148. The second kappa shape index (κ2) is 5.19. The molecule has 0 saturated heterocycles. The van der Waals surface area contributed by atoms with Crippen molar-refractivity contribution in [3.8, 4) is 12.3 Å². The number of terminal acetylenes is 1. The Balaban J connectivity index is 1.74. The van der Waals surface area contributed by atoms with Crippen molar-refractivity contribution < 1.29 is 4.79 Å². The van der Waals surface area contributed by atoms with Crippen molar-refractivity contribution >= 4 is 5.91 Å². The Morgan fingerprint density at radius 1 is 1.16 bits per heavy atom. The molecule has 4 aliphatic rings. The van der Waals surface area contributed by atoms with Gasteiger partial charge in [-0.05, 0) is 62.2 Å². The topological polar surface area (TPSA) is 20.3 Å². The van der Waals surface area contributed by atoms with Gasteiger partial charge in [0, 0.05) is 12.5 Å². The van der Waals surface area contributed by atoms with Gasteiger partial charge in [-0.25, -0.2) is 0 Å². The molecule has 0 aromatic heterocycles. The van der Waals surface area contributed by atoms with Crippen LogP contribution >= 0.6 is 0 Å². The third-order valence-corrected chi connectivity index (χ3v) is 5.60. The first-order valence-corrected chi connectivity index (χ1v) is 7.95. The van der Waals surface area contributed by atoms with E-state index < -0.39 is 0 Å². The molecule has 1 amide bonds. The van der Waals surface area contributed by atoms with E-state index in [0.717, 1.165) is 24.8 Å². The standard InChI is InChI=1S/C17H25NO/c1-3-5-18(6-4-2)17(19)16-14-8-12-7-13(10-14)11-15(16)9-12/h1,12-16H,4-11H2,2H3. The van der Waals surface area contributed by atoms with E-state index in [1.807, 2.05) is 4.90 Å². The van der Waals surface area contributed by atoms with Crippen molar-refractivity contribution in [2.24, 2.45) is 29.6 Å². The average molecular weight is 259 g/mol. The Kier molecular flexibility index (Phi) is 3.56. The number of amides is 1. The molecule has 19 heavy (non-hydrogen) atoms. The fraction of sp³-hybridized carbons (Fsp3) is 0.824. The monoisotopic (exact) mass is 259 g/mol. The van der Waals surface area contributed by atoms with Crippen LogP contribution in [-0.4, -0.2) is 23.9 Å². The lowest BCUT2D eigenvalue weighted by Crippen LogP contribution is -2.52. The maximum absolute atomic E-state index is 12.8. The molecular formula is C17H25NO. The Hall–Kier alpha value is -0.970. The lowest BCUT2D eigenvalue weighted by Gasteiger charge is -2.54. The maximum Gasteiger partial charge on any atom is 0.227 e. The van der Waals surface area contributed by atoms with Crippen LogP contribution in [0.4, 0.5) is 0 Å². The Morgan fingerprint density at radius 2 is 1.74 bits per heavy atom. The number of hydrogen-bond donors (Lipinski definition) is 0. The van der Waals surface area contributed by atoms with E-state index in [0.29, 0.717) is 30.2 Å². The van der Waals surface area contributed by atoms with Crippen LogP contribution in [0.1, 0.15) is 45.4 Å². The molecule has 0 heterocycles. The summed E-state index contributed by atoms with van der Waals surface area (Å²) in [5.74, 6) is 6.52. The molecule has 4 rings (SSSR count). The largest absolute Gasteiger partial charge is 0.331 e. The van der Waals surface area contributed by atoms with Crippen molar-refractivity contribution in [1.29, 1.82) is 0 Å². The van der Waals surface area contributed by atoms with Gasteiger partial charge in [0.05, 0.1) is 6.54 Å². The van der Waals surface area contributed by atoms with E-state index in [9.17, 15) is 4.79 Å². The van der Waals surface area contributed by atoms with E-state index in [1.165, 1.54) is 32.1 Å². The number of nitrogens with zero attached hydrogens (tertiary/aromatic N) is 1. The Labute approximate surface area is 116 Å². The molecule has 0 aromatic carbocycles. The van der Waals surface area contributed by atoms with Crippen LogP contribution in [0, 0.1) is 41.9 Å². The SMILES string of the molecule is C#CCN(CCC)C(=O)C1C2CC3CC(C2)CC1C3. The van der Waals surface area contributed by atoms with E-state index in [-0.39, 0.29) is 0 Å². The summed E-state index contributed by atoms with van der Waals surface area (Å²) in [7, 11) is 0. The molecule has 0 aliphatic heterocycles. The first-order valence-electron chi connectivity index (χ1n) is 7.95. The predicted molar refractivity (Wildman–Crippen MR) is 76.2 cm³/mol. The molecule has 0 aromatic rings. The highest BCUT2D eigenvalue weighted by atomic mass is 16.2. The van der Waals surface area contributed by atoms with Crippen LogP contribution in [0.15, 0.2) is 0 Å². The zero-order chi connectivity index (χ0) is 13.4. The van der Waals surface area contributed by atoms with Gasteiger partial charge in [0.25, 0.3) is 0 Å². The smallest absolute Gasteiger partial charge is 0.227 e. The summed E-state index contributed by atoms with van der Waals surface area (Å²) in [5.41, 5.74) is 0. The highest BCUT2D eigenvalue weighted by Crippen LogP contribution is 2.56. The normalized spacial score (nSPS) is 39.1. The lowest BCUT2D eigenvalue weighted by atomic mass is 9.51. The third-order valence-electron chi connectivity index (χ3n) is 5.60. The summed E-state index contributed by atoms with van der Waals surface area (Å²) in [4.78, 5) is 14.8. The van der Waals surface area contributed by atoms with Crippen molar-refractivity contribution in [2.45, 2.75) is 45.4 Å². The quantitative estimate of drug-likeness (QED) is 0.711. The number of rotatable bonds is 4. The fourth-order valence-corrected chi connectivity index (χ4v) is 5.19. The van der Waals surface area contributed by atoms with Crippen LogP contribution in [0.25, 0.3) is 0 Å². The van der Waals surface area contributed by atoms with Crippen molar-refractivity contribution in [3.63, 3.8) is 0 Å². The van der Waals surface area contributed by atoms with Gasteiger partial charge < -0.3 is 4.90 Å². The average Bonchev–Trinajstić information content (AvgIpc) is 2.37. The van der Waals surface area contributed by atoms with Gasteiger partial charge in [0.15, 0.2) is 0 Å². The van der Waals surface area contributed by atoms with Gasteiger partial charge in [-0.1, -0.05) is 12.8 Å². The summed E-state index contributed by atoms with van der Waals surface area (Å²) in [6, 6.07) is 0. The maximum atomic E-state index is 12.8. The van der Waals surface area contributed by atoms with E-state index in [1.54, 1.807) is 0 Å². The number of carbonyl (C=O) groups is 1. The molecule has 4 bridgehead atoms. The minimum atomic E-state index is 0.299. The molecule has 2 nitrogen and oxygen atoms in total. The second-order valence-corrected chi connectivity index (χ2v) is 6.92. The van der Waals surface area contributed by atoms with Gasteiger partial charge in [-0.2, -0.15) is 0 Å². The molecule has 4 aliphatic carbocycles. The summed E-state index contributed by atoms with van der Waals surface area (Å²) >= 11 is 0. The Morgan fingerprint density at radius 3 is 2.21 bits per heavy atom. The van der Waals surface area contributed by atoms with Gasteiger partial charge >= 0.3 is 0 Å². The van der Waals surface area contributed by atoms with E-state index >= 15 is 0 Å². The van der Waals surface area contributed by atoms with Gasteiger partial charge in [-0.15, -0.1) is 6.42 Å². The van der Waals surface area contributed by atoms with E-state index in [4.69, 9.17) is 6.42 Å². The molecule has 4 fully saturated rings. The van der Waals surface area contributed by atoms with Crippen molar-refractivity contribution in [2.75, 3.05) is 13.1 Å². The molecule has 2 heteroatoms. The predicted octanol–water partition coefficient (Wildman–Crippen LogP) is 2.93. The Bertz CT molecular complexity index is 367. The highest BCUT2D eigenvalue weighted by Gasteiger charge is 2.51. The van der Waals surface area contributed by atoms with Crippen LogP contribution in [0.3, 0.4) is 0 Å². The second-order valence-electron chi connectivity index (χ2n) is 6.92. The molecule has 0 radical (unpaired) electrons. The zero-order valence-electron chi connectivity index (χ0n) is 12.0. The zero-order valence-corrected chi connectivity index (χ0v) is 12.0. The minimum Gasteiger partial charge on any atom is -0.331 e. The molecule has 0 atom stereocenters. The molecular weight excluding hydrogens is 234 g/mol. The van der Waals surface area contributed by atoms with Crippen LogP contribution < -0.4 is 0 Å². The summed E-state index contributed by atoms with van der Waals surface area (Å²) in [6.45, 7) is 3.44. The first kappa shape index (κ1) is 13.0.